The van der Waals surface area contributed by atoms with Crippen molar-refractivity contribution < 1.29 is 42.9 Å². The Balaban J connectivity index is 1.19. The molecule has 1 amide bonds. The topological polar surface area (TPSA) is 121 Å². The summed E-state index contributed by atoms with van der Waals surface area (Å²) in [6.07, 6.45) is 3.74. The molecule has 2 bridgehead atoms. The van der Waals surface area contributed by atoms with E-state index in [1.54, 1.807) is 13.8 Å². The van der Waals surface area contributed by atoms with E-state index in [9.17, 15) is 19.5 Å². The fourth-order valence-electron chi connectivity index (χ4n) is 8.93. The number of ether oxygens (including phenoxy) is 4. The van der Waals surface area contributed by atoms with Crippen LogP contribution < -0.4 is 9.16 Å². The number of cyclic esters (lactones) is 1. The molecule has 0 radical (unpaired) electrons. The average molecular weight is 668 g/mol. The smallest absolute Gasteiger partial charge is 0.338 e. The summed E-state index contributed by atoms with van der Waals surface area (Å²) in [5, 5.41) is 12.7. The zero-order chi connectivity index (χ0) is 33.9. The van der Waals surface area contributed by atoms with Crippen molar-refractivity contribution >= 4 is 26.2 Å². The summed E-state index contributed by atoms with van der Waals surface area (Å²) < 4.78 is 30.8. The first-order valence-electron chi connectivity index (χ1n) is 17.2. The Morgan fingerprint density at radius 2 is 1.91 bits per heavy atom. The van der Waals surface area contributed by atoms with Crippen LogP contribution in [0.15, 0.2) is 24.0 Å². The van der Waals surface area contributed by atoms with Gasteiger partial charge >= 0.3 is 11.9 Å². The van der Waals surface area contributed by atoms with Crippen molar-refractivity contribution in [2.75, 3.05) is 6.54 Å². The molecular formula is C36H49NO9Si. The van der Waals surface area contributed by atoms with Crippen LogP contribution in [-0.4, -0.2) is 72.4 Å². The van der Waals surface area contributed by atoms with Crippen molar-refractivity contribution in [3.63, 3.8) is 0 Å². The van der Waals surface area contributed by atoms with Crippen LogP contribution in [0.5, 0.6) is 11.5 Å². The van der Waals surface area contributed by atoms with Gasteiger partial charge < -0.3 is 33.4 Å². The molecule has 10 nitrogen and oxygen atoms in total. The van der Waals surface area contributed by atoms with Crippen LogP contribution in [0.4, 0.5) is 0 Å². The molecule has 1 N–H and O–H groups in total. The molecule has 6 aliphatic rings. The van der Waals surface area contributed by atoms with Gasteiger partial charge in [-0.15, -0.1) is 0 Å². The highest BCUT2D eigenvalue weighted by molar-refractivity contribution is 6.74. The van der Waals surface area contributed by atoms with Crippen molar-refractivity contribution in [3.8, 4) is 11.5 Å². The zero-order valence-corrected chi connectivity index (χ0v) is 29.9. The Hall–Kier alpha value is -2.89. The van der Waals surface area contributed by atoms with E-state index in [1.807, 2.05) is 12.1 Å². The maximum atomic E-state index is 13.9. The molecule has 0 aromatic heterocycles. The van der Waals surface area contributed by atoms with Crippen LogP contribution >= 0.6 is 0 Å². The first-order chi connectivity index (χ1) is 21.9. The molecule has 1 aromatic rings. The first kappa shape index (κ1) is 32.6. The maximum Gasteiger partial charge on any atom is 0.338 e. The van der Waals surface area contributed by atoms with E-state index in [2.05, 4.69) is 46.9 Å². The van der Waals surface area contributed by atoms with Gasteiger partial charge in [0.2, 0.25) is 11.7 Å². The minimum Gasteiger partial charge on any atom is -0.541 e. The molecule has 1 saturated carbocycles. The lowest BCUT2D eigenvalue weighted by Crippen LogP contribution is -2.69. The second kappa shape index (κ2) is 10.6. The largest absolute Gasteiger partial charge is 0.541 e. The van der Waals surface area contributed by atoms with Gasteiger partial charge in [0, 0.05) is 26.0 Å². The normalized spacial score (nSPS) is 35.1. The molecule has 3 heterocycles. The third kappa shape index (κ3) is 4.81. The van der Waals surface area contributed by atoms with E-state index in [1.165, 1.54) is 10.5 Å². The van der Waals surface area contributed by atoms with E-state index in [0.717, 1.165) is 18.4 Å². The highest BCUT2D eigenvalue weighted by Crippen LogP contribution is 2.68. The molecule has 3 aliphatic heterocycles. The molecule has 3 fully saturated rings. The van der Waals surface area contributed by atoms with Crippen molar-refractivity contribution in [2.45, 2.75) is 140 Å². The fourth-order valence-corrected chi connectivity index (χ4v) is 9.95. The van der Waals surface area contributed by atoms with Crippen LogP contribution in [0.3, 0.4) is 0 Å². The lowest BCUT2D eigenvalue weighted by atomic mass is 9.45. The van der Waals surface area contributed by atoms with E-state index in [0.29, 0.717) is 55.4 Å². The molecule has 7 rings (SSSR count). The number of aliphatic hydroxyl groups is 1. The van der Waals surface area contributed by atoms with Crippen LogP contribution in [-0.2, 0) is 40.4 Å². The van der Waals surface area contributed by atoms with Crippen LogP contribution in [0.2, 0.25) is 18.1 Å². The second-order valence-corrected chi connectivity index (χ2v) is 21.3. The number of carbonyl (C=O) groups is 3. The summed E-state index contributed by atoms with van der Waals surface area (Å²) in [5.74, 6) is -0.455. The monoisotopic (exact) mass is 667 g/mol. The molecule has 47 heavy (non-hydrogen) atoms. The number of amides is 1. The van der Waals surface area contributed by atoms with Gasteiger partial charge in [0.05, 0.1) is 17.4 Å². The summed E-state index contributed by atoms with van der Waals surface area (Å²) >= 11 is 0. The van der Waals surface area contributed by atoms with Crippen molar-refractivity contribution in [2.24, 2.45) is 11.8 Å². The summed E-state index contributed by atoms with van der Waals surface area (Å²) in [7, 11) is -2.24. The Labute approximate surface area is 278 Å². The number of hydrogen-bond donors (Lipinski definition) is 1. The molecule has 1 aromatic carbocycles. The van der Waals surface area contributed by atoms with E-state index >= 15 is 0 Å². The van der Waals surface area contributed by atoms with Crippen LogP contribution in [0, 0.1) is 11.8 Å². The van der Waals surface area contributed by atoms with Gasteiger partial charge in [-0.3, -0.25) is 4.79 Å². The highest BCUT2D eigenvalue weighted by atomic mass is 28.4. The number of esters is 2. The van der Waals surface area contributed by atoms with Gasteiger partial charge in [-0.05, 0) is 86.2 Å². The van der Waals surface area contributed by atoms with Gasteiger partial charge in [0.25, 0.3) is 8.32 Å². The fraction of sp³-hybridized carbons (Fsp3) is 0.694. The minimum absolute atomic E-state index is 0.0308. The summed E-state index contributed by atoms with van der Waals surface area (Å²) in [5.41, 5.74) is 0.345. The Morgan fingerprint density at radius 3 is 2.60 bits per heavy atom. The number of rotatable bonds is 6. The quantitative estimate of drug-likeness (QED) is 0.319. The number of hydrogen-bond acceptors (Lipinski definition) is 9. The Bertz CT molecular complexity index is 1560. The van der Waals surface area contributed by atoms with Gasteiger partial charge in [-0.2, -0.15) is 0 Å². The van der Waals surface area contributed by atoms with E-state index in [4.69, 9.17) is 23.4 Å². The number of nitrogens with zero attached hydrogens (tertiary/aromatic N) is 1. The zero-order valence-electron chi connectivity index (χ0n) is 28.9. The third-order valence-corrected chi connectivity index (χ3v) is 16.7. The predicted octanol–water partition coefficient (Wildman–Crippen LogP) is 5.29. The van der Waals surface area contributed by atoms with Gasteiger partial charge in [-0.1, -0.05) is 33.8 Å². The van der Waals surface area contributed by atoms with E-state index < -0.39 is 55.3 Å². The lowest BCUT2D eigenvalue weighted by molar-refractivity contribution is -0.172. The van der Waals surface area contributed by atoms with Crippen LogP contribution in [0.25, 0.3) is 0 Å². The second-order valence-electron chi connectivity index (χ2n) is 16.6. The van der Waals surface area contributed by atoms with Crippen molar-refractivity contribution in [1.82, 2.24) is 4.90 Å². The Kier molecular flexibility index (Phi) is 7.33. The van der Waals surface area contributed by atoms with Gasteiger partial charge in [0.1, 0.15) is 17.6 Å². The molecule has 11 heteroatoms. The predicted molar refractivity (Wildman–Crippen MR) is 174 cm³/mol. The number of carbonyl (C=O) groups excluding carboxylic acids is 3. The summed E-state index contributed by atoms with van der Waals surface area (Å²) in [6, 6.07) is 3.38. The minimum atomic E-state index is -2.24. The summed E-state index contributed by atoms with van der Waals surface area (Å²) in [4.78, 5) is 41.1. The molecule has 2 unspecified atom stereocenters. The molecule has 3 aliphatic carbocycles. The van der Waals surface area contributed by atoms with Gasteiger partial charge in [0.15, 0.2) is 18.0 Å². The average Bonchev–Trinajstić information content (AvgIpc) is 3.66. The third-order valence-electron chi connectivity index (χ3n) is 12.3. The standard InChI is InChI=1S/C36H49NO9Si/c1-20-13-15-35-28-21-11-12-24(46-47(7,8)33(2,3)4)29(28)43-30(35)25(14-16-36(35,41)22(20)18-21)42-31(39)23-10-9-17-37(23)27(38)19-26-32(40)45-34(5,6)44-26/h11-12,14,20,22-23,26,30,41H,9-10,13,15-19H2,1-8H3/t20?,22-,23-,26?,30-,35-,36+/m0/s1. The Morgan fingerprint density at radius 1 is 1.17 bits per heavy atom. The van der Waals surface area contributed by atoms with Gasteiger partial charge in [-0.25, -0.2) is 9.59 Å². The molecule has 2 saturated heterocycles. The molecular weight excluding hydrogens is 618 g/mol. The molecule has 256 valence electrons. The van der Waals surface area contributed by atoms with Crippen LogP contribution in [0.1, 0.15) is 91.2 Å². The molecule has 7 atom stereocenters. The first-order valence-corrected chi connectivity index (χ1v) is 20.2. The maximum absolute atomic E-state index is 13.9. The number of benzene rings is 1. The lowest BCUT2D eigenvalue weighted by Gasteiger charge is -2.61. The summed E-state index contributed by atoms with van der Waals surface area (Å²) in [6.45, 7) is 16.9. The number of likely N-dealkylation sites (tertiary alicyclic amines) is 1. The van der Waals surface area contributed by atoms with Crippen molar-refractivity contribution in [1.29, 1.82) is 0 Å². The van der Waals surface area contributed by atoms with Crippen molar-refractivity contribution in [3.05, 3.63) is 35.1 Å². The molecule has 1 spiro atoms. The van der Waals surface area contributed by atoms with E-state index in [-0.39, 0.29) is 23.3 Å². The SMILES string of the molecule is CC1CC[C@]23c4c5ccc(O[Si](C)(C)C(C)(C)C)c4O[C@H]2C(OC(=O)[C@@H]2CCCN2C(=O)CC2OC(C)(C)OC2=O)=CC[C@@]3(O)[C@H]1C5. The highest BCUT2D eigenvalue weighted by Gasteiger charge is 2.72.